The predicted octanol–water partition coefficient (Wildman–Crippen LogP) is 2.35. The molecule has 0 amide bonds. The summed E-state index contributed by atoms with van der Waals surface area (Å²) < 4.78 is 60.7. The summed E-state index contributed by atoms with van der Waals surface area (Å²) >= 11 is 0. The van der Waals surface area contributed by atoms with E-state index >= 15 is 0 Å². The van der Waals surface area contributed by atoms with E-state index in [1.54, 1.807) is 6.08 Å². The zero-order chi connectivity index (χ0) is 17.8. The molecule has 1 fully saturated rings. The molecular weight excluding hydrogens is 355 g/mol. The van der Waals surface area contributed by atoms with Gasteiger partial charge in [-0.15, -0.1) is 4.79 Å². The molecule has 1 aliphatic carbocycles. The van der Waals surface area contributed by atoms with Gasteiger partial charge in [-0.05, 0) is 43.0 Å². The first-order valence-electron chi connectivity index (χ1n) is 7.39. The van der Waals surface area contributed by atoms with Gasteiger partial charge < -0.3 is 5.53 Å². The molecule has 130 valence electrons. The summed E-state index contributed by atoms with van der Waals surface area (Å²) in [6.07, 6.45) is 7.27. The smallest absolute Gasteiger partial charge is 0.359 e. The minimum atomic E-state index is -4.56. The van der Waals surface area contributed by atoms with Crippen LogP contribution < -0.4 is 0 Å². The molecule has 6 nitrogen and oxygen atoms in total. The molecule has 0 heterocycles. The van der Waals surface area contributed by atoms with Gasteiger partial charge in [0.2, 0.25) is 0 Å². The van der Waals surface area contributed by atoms with Crippen LogP contribution in [0.1, 0.15) is 25.7 Å². The number of sulfone groups is 2. The van der Waals surface area contributed by atoms with E-state index in [0.717, 1.165) is 49.9 Å². The van der Waals surface area contributed by atoms with Gasteiger partial charge in [-0.1, -0.05) is 25.0 Å². The molecule has 0 bridgehead atoms. The normalized spacial score (nSPS) is 16.4. The number of allylic oxidation sites excluding steroid dienone is 1. The van der Waals surface area contributed by atoms with Crippen molar-refractivity contribution in [3.05, 3.63) is 47.8 Å². The number of hydrogen-bond donors (Lipinski definition) is 0. The average molecular weight is 372 g/mol. The van der Waals surface area contributed by atoms with Crippen molar-refractivity contribution in [3.8, 4) is 0 Å². The third-order valence-electron chi connectivity index (χ3n) is 3.83. The number of nitrogens with zero attached hydrogens (tertiary/aromatic N) is 2. The fraction of sp³-hybridized carbons (Fsp3) is 0.400. The molecule has 24 heavy (non-hydrogen) atoms. The van der Waals surface area contributed by atoms with Gasteiger partial charge in [-0.3, -0.25) is 0 Å². The predicted molar refractivity (Wildman–Crippen MR) is 87.1 cm³/mol. The molecule has 0 unspecified atom stereocenters. The third kappa shape index (κ3) is 4.17. The maximum Gasteiger partial charge on any atom is 0.499 e. The van der Waals surface area contributed by atoms with Crippen LogP contribution in [-0.4, -0.2) is 31.8 Å². The first-order chi connectivity index (χ1) is 11.3. The molecule has 1 saturated carbocycles. The van der Waals surface area contributed by atoms with Crippen molar-refractivity contribution >= 4 is 24.1 Å². The summed E-state index contributed by atoms with van der Waals surface area (Å²) in [7, 11) is -8.91. The molecule has 2 rings (SSSR count). The molecular formula is C15H17FN2O4S2. The zero-order valence-corrected chi connectivity index (χ0v) is 14.4. The van der Waals surface area contributed by atoms with E-state index in [-0.39, 0.29) is 0 Å². The number of halogens is 1. The number of benzene rings is 1. The second-order valence-corrected chi connectivity index (χ2v) is 9.65. The van der Waals surface area contributed by atoms with E-state index in [4.69, 9.17) is 5.53 Å². The maximum atomic E-state index is 12.9. The first kappa shape index (κ1) is 18.5. The molecule has 0 aliphatic heterocycles. The molecule has 0 radical (unpaired) electrons. The molecule has 9 heteroatoms. The van der Waals surface area contributed by atoms with Crippen molar-refractivity contribution in [1.29, 1.82) is 0 Å². The minimum Gasteiger partial charge on any atom is -0.359 e. The van der Waals surface area contributed by atoms with Crippen molar-refractivity contribution in [2.24, 2.45) is 5.92 Å². The van der Waals surface area contributed by atoms with Gasteiger partial charge in [-0.2, -0.15) is 0 Å². The van der Waals surface area contributed by atoms with Crippen LogP contribution >= 0.6 is 0 Å². The molecule has 0 spiro atoms. The topological polar surface area (TPSA) is 105 Å². The van der Waals surface area contributed by atoms with E-state index in [0.29, 0.717) is 5.92 Å². The van der Waals surface area contributed by atoms with Crippen LogP contribution in [-0.2, 0) is 19.7 Å². The average Bonchev–Trinajstić information content (AvgIpc) is 3.00. The van der Waals surface area contributed by atoms with Gasteiger partial charge >= 0.3 is 4.38 Å². The maximum absolute atomic E-state index is 12.9. The summed E-state index contributed by atoms with van der Waals surface area (Å²) in [5, 5.41) is 0. The van der Waals surface area contributed by atoms with Crippen LogP contribution in [0.4, 0.5) is 4.39 Å². The fourth-order valence-corrected chi connectivity index (χ4v) is 5.86. The Labute approximate surface area is 140 Å². The Morgan fingerprint density at radius 3 is 2.29 bits per heavy atom. The van der Waals surface area contributed by atoms with E-state index in [1.807, 2.05) is 0 Å². The molecule has 0 aromatic heterocycles. The van der Waals surface area contributed by atoms with Crippen molar-refractivity contribution in [1.82, 2.24) is 0 Å². The highest BCUT2D eigenvalue weighted by molar-refractivity contribution is 8.31. The summed E-state index contributed by atoms with van der Waals surface area (Å²) in [5.74, 6) is -0.953. The second kappa shape index (κ2) is 7.38. The lowest BCUT2D eigenvalue weighted by Crippen LogP contribution is -2.27. The van der Waals surface area contributed by atoms with Crippen molar-refractivity contribution in [2.45, 2.75) is 30.6 Å². The number of hydrogen-bond acceptors (Lipinski definition) is 4. The lowest BCUT2D eigenvalue weighted by atomic mass is 10.1. The highest BCUT2D eigenvalue weighted by Crippen LogP contribution is 2.25. The Morgan fingerprint density at radius 1 is 1.17 bits per heavy atom. The Hall–Kier alpha value is -1.83. The van der Waals surface area contributed by atoms with Gasteiger partial charge in [0.25, 0.3) is 19.7 Å². The molecule has 1 aromatic carbocycles. The van der Waals surface area contributed by atoms with Gasteiger partial charge in [0.15, 0.2) is 0 Å². The highest BCUT2D eigenvalue weighted by Gasteiger charge is 2.42. The summed E-state index contributed by atoms with van der Waals surface area (Å²) in [6, 6.07) is 3.60. The van der Waals surface area contributed by atoms with Crippen molar-refractivity contribution in [3.63, 3.8) is 0 Å². The lowest BCUT2D eigenvalue weighted by molar-refractivity contribution is 0.00382. The van der Waals surface area contributed by atoms with Gasteiger partial charge in [0.1, 0.15) is 5.82 Å². The van der Waals surface area contributed by atoms with Crippen LogP contribution in [0.2, 0.25) is 0 Å². The van der Waals surface area contributed by atoms with Crippen LogP contribution in [0, 0.1) is 11.7 Å². The van der Waals surface area contributed by atoms with Crippen molar-refractivity contribution in [2.75, 3.05) is 5.75 Å². The monoisotopic (exact) mass is 372 g/mol. The van der Waals surface area contributed by atoms with Crippen molar-refractivity contribution < 1.29 is 26.0 Å². The van der Waals surface area contributed by atoms with Crippen LogP contribution in [0.15, 0.2) is 41.3 Å². The van der Waals surface area contributed by atoms with E-state index < -0.39 is 40.5 Å². The zero-order valence-electron chi connectivity index (χ0n) is 12.8. The van der Waals surface area contributed by atoms with E-state index in [1.165, 1.54) is 6.08 Å². The minimum absolute atomic E-state index is 0.295. The summed E-state index contributed by atoms with van der Waals surface area (Å²) in [6.45, 7) is 0. The fourth-order valence-electron chi connectivity index (χ4n) is 2.59. The van der Waals surface area contributed by atoms with Crippen LogP contribution in [0.5, 0.6) is 0 Å². The summed E-state index contributed by atoms with van der Waals surface area (Å²) in [4.78, 5) is 2.04. The molecule has 1 aromatic rings. The largest absolute Gasteiger partial charge is 0.499 e. The Morgan fingerprint density at radius 2 is 1.75 bits per heavy atom. The molecule has 1 aliphatic rings. The molecule has 0 atom stereocenters. The lowest BCUT2D eigenvalue weighted by Gasteiger charge is -2.02. The van der Waals surface area contributed by atoms with Crippen LogP contribution in [0.3, 0.4) is 0 Å². The second-order valence-electron chi connectivity index (χ2n) is 5.58. The first-order valence-corrected chi connectivity index (χ1v) is 10.5. The molecule has 0 N–H and O–H groups in total. The Bertz CT molecular complexity index is 878. The van der Waals surface area contributed by atoms with E-state index in [2.05, 4.69) is 4.79 Å². The van der Waals surface area contributed by atoms with Crippen LogP contribution in [0.25, 0.3) is 5.53 Å². The quantitative estimate of drug-likeness (QED) is 0.202. The van der Waals surface area contributed by atoms with Gasteiger partial charge in [0.05, 0.1) is 10.6 Å². The third-order valence-corrected chi connectivity index (χ3v) is 7.92. The molecule has 0 saturated heterocycles. The van der Waals surface area contributed by atoms with E-state index in [9.17, 15) is 21.2 Å². The highest BCUT2D eigenvalue weighted by atomic mass is 32.3. The Balaban J connectivity index is 2.25. The number of rotatable bonds is 4. The Kier molecular flexibility index (Phi) is 5.69. The standard InChI is InChI=1S/C15H17FN2O4S2/c16-13-7-9-14(10-8-13)24(21,22)15(18-17)23(19,20)11-3-6-12-4-1-2-5-12/h3,6-10,12H,1-2,4-5,11H2. The summed E-state index contributed by atoms with van der Waals surface area (Å²) in [5.41, 5.74) is 8.96. The van der Waals surface area contributed by atoms with Gasteiger partial charge in [0, 0.05) is 0 Å². The van der Waals surface area contributed by atoms with Gasteiger partial charge in [-0.25, -0.2) is 21.2 Å². The SMILES string of the molecule is [N-]=[N+]=C(S(=O)(=O)CC=CC1CCCC1)S(=O)(=O)c1ccc(F)cc1.